The molecule has 2 aromatic heterocycles. The van der Waals surface area contributed by atoms with Gasteiger partial charge < -0.3 is 10.6 Å². The quantitative estimate of drug-likeness (QED) is 0.493. The number of alkyl halides is 3. The molecule has 4 rings (SSSR count). The average molecular weight is 472 g/mol. The van der Waals surface area contributed by atoms with Gasteiger partial charge in [0.1, 0.15) is 5.69 Å². The van der Waals surface area contributed by atoms with E-state index in [9.17, 15) is 27.6 Å². The highest BCUT2D eigenvalue weighted by Gasteiger charge is 2.49. The van der Waals surface area contributed by atoms with Gasteiger partial charge in [0.05, 0.1) is 12.2 Å². The summed E-state index contributed by atoms with van der Waals surface area (Å²) in [4.78, 5) is 41.2. The topological polar surface area (TPSA) is 118 Å². The highest BCUT2D eigenvalue weighted by molar-refractivity contribution is 6.08. The summed E-state index contributed by atoms with van der Waals surface area (Å²) >= 11 is 0. The third-order valence-electron chi connectivity index (χ3n) is 5.47. The Morgan fingerprint density at radius 1 is 1.18 bits per heavy atom. The lowest BCUT2D eigenvalue weighted by molar-refractivity contribution is -0.141. The van der Waals surface area contributed by atoms with Gasteiger partial charge in [-0.1, -0.05) is 24.3 Å². The van der Waals surface area contributed by atoms with Gasteiger partial charge >= 0.3 is 12.2 Å². The minimum atomic E-state index is -4.58. The summed E-state index contributed by atoms with van der Waals surface area (Å²) in [6.45, 7) is 1.39. The molecule has 12 heteroatoms. The van der Waals surface area contributed by atoms with E-state index < -0.39 is 35.3 Å². The molecule has 1 atom stereocenters. The van der Waals surface area contributed by atoms with Crippen molar-refractivity contribution >= 4 is 17.8 Å². The van der Waals surface area contributed by atoms with Gasteiger partial charge in [0.15, 0.2) is 5.54 Å². The van der Waals surface area contributed by atoms with Crippen LogP contribution in [-0.4, -0.2) is 39.2 Å². The second-order valence-corrected chi connectivity index (χ2v) is 7.77. The number of aromatic nitrogens is 3. The van der Waals surface area contributed by atoms with E-state index in [2.05, 4.69) is 26.0 Å². The van der Waals surface area contributed by atoms with Crippen molar-refractivity contribution < 1.29 is 27.6 Å². The molecule has 1 saturated heterocycles. The van der Waals surface area contributed by atoms with Crippen molar-refractivity contribution in [3.05, 3.63) is 71.3 Å². The van der Waals surface area contributed by atoms with Crippen LogP contribution >= 0.6 is 0 Å². The van der Waals surface area contributed by atoms with Crippen LogP contribution in [0.5, 0.6) is 0 Å². The number of aryl methyl sites for hydroxylation is 2. The molecule has 0 radical (unpaired) electrons. The first-order valence-electron chi connectivity index (χ1n) is 10.1. The van der Waals surface area contributed by atoms with Gasteiger partial charge in [-0.3, -0.25) is 24.6 Å². The van der Waals surface area contributed by atoms with Gasteiger partial charge in [-0.15, -0.1) is 0 Å². The second kappa shape index (κ2) is 8.28. The van der Waals surface area contributed by atoms with Gasteiger partial charge in [0.25, 0.3) is 11.8 Å². The first-order chi connectivity index (χ1) is 16.0. The molecule has 176 valence electrons. The highest BCUT2D eigenvalue weighted by Crippen LogP contribution is 2.31. The largest absolute Gasteiger partial charge is 0.433 e. The molecule has 3 aromatic rings. The van der Waals surface area contributed by atoms with E-state index in [1.165, 1.54) is 16.8 Å². The van der Waals surface area contributed by atoms with Crippen molar-refractivity contribution in [3.63, 3.8) is 0 Å². The van der Waals surface area contributed by atoms with Crippen molar-refractivity contribution in [1.82, 2.24) is 30.7 Å². The Morgan fingerprint density at radius 3 is 2.47 bits per heavy atom. The van der Waals surface area contributed by atoms with Gasteiger partial charge in [0, 0.05) is 36.1 Å². The number of amides is 4. The lowest BCUT2D eigenvalue weighted by Crippen LogP contribution is -2.52. The highest BCUT2D eigenvalue weighted by atomic mass is 19.4. The first-order valence-corrected chi connectivity index (χ1v) is 10.1. The van der Waals surface area contributed by atoms with Crippen molar-refractivity contribution in [2.75, 3.05) is 6.54 Å². The third-order valence-corrected chi connectivity index (χ3v) is 5.47. The van der Waals surface area contributed by atoms with Crippen LogP contribution in [-0.2, 0) is 23.6 Å². The maximum Gasteiger partial charge on any atom is 0.433 e. The monoisotopic (exact) mass is 472 g/mol. The second-order valence-electron chi connectivity index (χ2n) is 7.77. The summed E-state index contributed by atoms with van der Waals surface area (Å²) in [5, 5.41) is 11.6. The molecule has 0 unspecified atom stereocenters. The van der Waals surface area contributed by atoms with Crippen LogP contribution in [0.25, 0.3) is 11.1 Å². The Hall–Kier alpha value is -4.22. The minimum Gasteiger partial charge on any atom is -0.349 e. The van der Waals surface area contributed by atoms with Crippen LogP contribution in [0.4, 0.5) is 18.0 Å². The molecule has 1 aromatic carbocycles. The Labute approximate surface area is 191 Å². The smallest absolute Gasteiger partial charge is 0.349 e. The molecule has 3 N–H and O–H groups in total. The lowest BCUT2D eigenvalue weighted by atomic mass is 9.90. The van der Waals surface area contributed by atoms with Crippen molar-refractivity contribution in [2.24, 2.45) is 7.05 Å². The van der Waals surface area contributed by atoms with E-state index in [-0.39, 0.29) is 12.1 Å². The number of nitrogens with zero attached hydrogens (tertiary/aromatic N) is 3. The summed E-state index contributed by atoms with van der Waals surface area (Å²) < 4.78 is 40.0. The molecule has 1 aliphatic rings. The number of carbonyl (C=O) groups excluding carboxylic acids is 3. The van der Waals surface area contributed by atoms with Crippen LogP contribution in [0.3, 0.4) is 0 Å². The Balaban J connectivity index is 1.63. The maximum atomic E-state index is 13.1. The number of nitrogens with one attached hydrogen (secondary N) is 3. The number of urea groups is 1. The van der Waals surface area contributed by atoms with E-state index in [1.54, 1.807) is 38.4 Å². The molecular weight excluding hydrogens is 453 g/mol. The zero-order valence-electron chi connectivity index (χ0n) is 18.0. The summed E-state index contributed by atoms with van der Waals surface area (Å²) in [6, 6.07) is 7.66. The van der Waals surface area contributed by atoms with Crippen molar-refractivity contribution in [1.29, 1.82) is 0 Å². The summed E-state index contributed by atoms with van der Waals surface area (Å²) in [5.74, 6) is -1.24. The minimum absolute atomic E-state index is 0.159. The van der Waals surface area contributed by atoms with Gasteiger partial charge in [-0.2, -0.15) is 18.3 Å². The summed E-state index contributed by atoms with van der Waals surface area (Å²) in [6.07, 6.45) is -1.96. The molecule has 0 bridgehead atoms. The zero-order chi connectivity index (χ0) is 24.7. The Bertz CT molecular complexity index is 1290. The maximum absolute atomic E-state index is 13.1. The number of benzene rings is 1. The summed E-state index contributed by atoms with van der Waals surface area (Å²) in [5.41, 5.74) is -0.891. The number of carbonyl (C=O) groups is 3. The van der Waals surface area contributed by atoms with E-state index in [0.29, 0.717) is 22.4 Å². The fourth-order valence-corrected chi connectivity index (χ4v) is 3.88. The van der Waals surface area contributed by atoms with Crippen LogP contribution < -0.4 is 16.0 Å². The molecule has 0 aliphatic carbocycles. The van der Waals surface area contributed by atoms with Crippen molar-refractivity contribution in [3.8, 4) is 11.1 Å². The van der Waals surface area contributed by atoms with E-state index >= 15 is 0 Å². The molecule has 0 saturated carbocycles. The van der Waals surface area contributed by atoms with Crippen LogP contribution in [0.2, 0.25) is 0 Å². The Kier molecular flexibility index (Phi) is 5.59. The predicted molar refractivity (Wildman–Crippen MR) is 113 cm³/mol. The normalized spacial score (nSPS) is 17.9. The SMILES string of the molecule is Cc1nn(C)cc1[C@]1(CNC(=O)c2ccccc2-c2ccc(C(F)(F)F)nc2)NC(=O)NC1=O. The first kappa shape index (κ1) is 23.0. The number of imide groups is 1. The molecule has 3 heterocycles. The van der Waals surface area contributed by atoms with E-state index in [0.717, 1.165) is 12.3 Å². The molecule has 4 amide bonds. The molecule has 34 heavy (non-hydrogen) atoms. The number of hydrogen-bond acceptors (Lipinski definition) is 5. The van der Waals surface area contributed by atoms with Crippen molar-refractivity contribution in [2.45, 2.75) is 18.6 Å². The van der Waals surface area contributed by atoms with Crippen LogP contribution in [0.15, 0.2) is 48.8 Å². The fourth-order valence-electron chi connectivity index (χ4n) is 3.88. The molecule has 0 spiro atoms. The standard InChI is InChI=1S/C22H19F3N6O3/c1-12-16(10-31(2)30-12)21(19(33)28-20(34)29-21)11-27-18(32)15-6-4-3-5-14(15)13-7-8-17(26-9-13)22(23,24)25/h3-10H,11H2,1-2H3,(H,27,32)(H2,28,29,33,34)/t21-/m0/s1. The summed E-state index contributed by atoms with van der Waals surface area (Å²) in [7, 11) is 1.66. The zero-order valence-corrected chi connectivity index (χ0v) is 18.0. The average Bonchev–Trinajstić information content (AvgIpc) is 3.28. The lowest BCUT2D eigenvalue weighted by Gasteiger charge is -2.26. The third kappa shape index (κ3) is 4.09. The molecule has 1 fully saturated rings. The predicted octanol–water partition coefficient (Wildman–Crippen LogP) is 2.27. The van der Waals surface area contributed by atoms with Gasteiger partial charge in [-0.25, -0.2) is 4.79 Å². The molecular formula is C22H19F3N6O3. The molecule has 1 aliphatic heterocycles. The van der Waals surface area contributed by atoms with Gasteiger partial charge in [0.2, 0.25) is 0 Å². The van der Waals surface area contributed by atoms with E-state index in [4.69, 9.17) is 0 Å². The Morgan fingerprint density at radius 2 is 1.91 bits per heavy atom. The van der Waals surface area contributed by atoms with Crippen LogP contribution in [0.1, 0.15) is 27.3 Å². The van der Waals surface area contributed by atoms with Gasteiger partial charge in [-0.05, 0) is 24.6 Å². The van der Waals surface area contributed by atoms with Crippen LogP contribution in [0, 0.1) is 6.92 Å². The number of hydrogen-bond donors (Lipinski definition) is 3. The number of rotatable bonds is 5. The van der Waals surface area contributed by atoms with E-state index in [1.807, 2.05) is 0 Å². The number of pyridine rings is 1. The number of halogens is 3. The molecule has 9 nitrogen and oxygen atoms in total. The fraction of sp³-hybridized carbons (Fsp3) is 0.227.